The summed E-state index contributed by atoms with van der Waals surface area (Å²) in [6.45, 7) is -1.12. The summed E-state index contributed by atoms with van der Waals surface area (Å²) in [5.74, 6) is -0.662. The number of aromatic nitrogens is 2. The van der Waals surface area contributed by atoms with Crippen molar-refractivity contribution in [2.75, 3.05) is 18.5 Å². The van der Waals surface area contributed by atoms with E-state index >= 15 is 0 Å². The second-order valence-corrected chi connectivity index (χ2v) is 4.44. The van der Waals surface area contributed by atoms with E-state index in [2.05, 4.69) is 20.3 Å². The molecule has 0 radical (unpaired) electrons. The Hall–Kier alpha value is -2.59. The largest absolute Gasteiger partial charge is 0.463 e. The zero-order chi connectivity index (χ0) is 17.3. The predicted octanol–water partition coefficient (Wildman–Crippen LogP) is 0.800. The van der Waals surface area contributed by atoms with Crippen LogP contribution in [0.1, 0.15) is 19.3 Å². The topological polar surface area (TPSA) is 129 Å². The van der Waals surface area contributed by atoms with Crippen molar-refractivity contribution in [2.24, 2.45) is 16.5 Å². The molecule has 0 saturated heterocycles. The molecule has 0 atom stereocenters. The molecule has 0 fully saturated rings. The number of nitrogens with zero attached hydrogens (tertiary/aromatic N) is 3. The van der Waals surface area contributed by atoms with E-state index in [4.69, 9.17) is 16.2 Å². The third kappa shape index (κ3) is 9.11. The summed E-state index contributed by atoms with van der Waals surface area (Å²) in [5.41, 5.74) is 10.3. The van der Waals surface area contributed by atoms with Crippen molar-refractivity contribution in [2.45, 2.75) is 25.4 Å². The maximum Gasteiger partial charge on any atom is 0.408 e. The first-order valence-corrected chi connectivity index (χ1v) is 6.64. The lowest BCUT2D eigenvalue weighted by Gasteiger charge is -2.08. The summed E-state index contributed by atoms with van der Waals surface area (Å²) in [4.78, 5) is 21.4. The zero-order valence-electron chi connectivity index (χ0n) is 12.1. The molecule has 1 aromatic heterocycles. The Morgan fingerprint density at radius 2 is 2.09 bits per heavy atom. The molecule has 23 heavy (non-hydrogen) atoms. The maximum atomic E-state index is 12.0. The van der Waals surface area contributed by atoms with Crippen molar-refractivity contribution >= 4 is 17.7 Å². The van der Waals surface area contributed by atoms with Gasteiger partial charge in [-0.3, -0.25) is 4.79 Å². The van der Waals surface area contributed by atoms with Gasteiger partial charge in [0, 0.05) is 12.6 Å². The van der Waals surface area contributed by atoms with Crippen molar-refractivity contribution in [3.63, 3.8) is 0 Å². The SMILES string of the molecule is NC(=O)CCCCOc1nccc(NC(N)=NCC(F)(F)F)n1. The second kappa shape index (κ2) is 8.76. The van der Waals surface area contributed by atoms with E-state index < -0.39 is 18.7 Å². The average molecular weight is 334 g/mol. The van der Waals surface area contributed by atoms with Gasteiger partial charge in [-0.25, -0.2) is 9.98 Å². The van der Waals surface area contributed by atoms with Crippen molar-refractivity contribution in [1.82, 2.24) is 9.97 Å². The van der Waals surface area contributed by atoms with E-state index in [1.165, 1.54) is 12.3 Å². The molecule has 8 nitrogen and oxygen atoms in total. The van der Waals surface area contributed by atoms with Gasteiger partial charge in [-0.1, -0.05) is 0 Å². The van der Waals surface area contributed by atoms with Crippen LogP contribution in [0, 0.1) is 0 Å². The van der Waals surface area contributed by atoms with Crippen molar-refractivity contribution in [1.29, 1.82) is 0 Å². The molecule has 128 valence electrons. The molecule has 5 N–H and O–H groups in total. The molecule has 1 aromatic rings. The smallest absolute Gasteiger partial charge is 0.408 e. The first kappa shape index (κ1) is 18.5. The quantitative estimate of drug-likeness (QED) is 0.366. The molecule has 11 heteroatoms. The van der Waals surface area contributed by atoms with Crippen LogP contribution in [0.2, 0.25) is 0 Å². The number of hydrogen-bond acceptors (Lipinski definition) is 5. The van der Waals surface area contributed by atoms with Gasteiger partial charge in [-0.15, -0.1) is 0 Å². The van der Waals surface area contributed by atoms with E-state index in [9.17, 15) is 18.0 Å². The molecule has 1 rings (SSSR count). The number of aliphatic imine (C=N–C) groups is 1. The molecule has 0 aliphatic heterocycles. The van der Waals surface area contributed by atoms with E-state index in [0.717, 1.165) is 0 Å². The third-order valence-electron chi connectivity index (χ3n) is 2.37. The van der Waals surface area contributed by atoms with E-state index in [-0.39, 0.29) is 30.8 Å². The van der Waals surface area contributed by atoms with Gasteiger partial charge in [0.25, 0.3) is 0 Å². The molecule has 0 aromatic carbocycles. The van der Waals surface area contributed by atoms with Gasteiger partial charge in [0.1, 0.15) is 12.4 Å². The van der Waals surface area contributed by atoms with Crippen LogP contribution in [0.25, 0.3) is 0 Å². The lowest BCUT2D eigenvalue weighted by molar-refractivity contribution is -0.119. The molecular formula is C12H17F3N6O2. The highest BCUT2D eigenvalue weighted by Crippen LogP contribution is 2.14. The van der Waals surface area contributed by atoms with Crippen LogP contribution in [0.4, 0.5) is 19.0 Å². The minimum absolute atomic E-state index is 0.0256. The van der Waals surface area contributed by atoms with Gasteiger partial charge in [-0.05, 0) is 18.9 Å². The number of guanidine groups is 1. The zero-order valence-corrected chi connectivity index (χ0v) is 12.1. The fourth-order valence-corrected chi connectivity index (χ4v) is 1.39. The Bertz CT molecular complexity index is 550. The number of rotatable bonds is 8. The maximum absolute atomic E-state index is 12.0. The van der Waals surface area contributed by atoms with Crippen LogP contribution in [-0.2, 0) is 4.79 Å². The second-order valence-electron chi connectivity index (χ2n) is 4.44. The molecule has 0 bridgehead atoms. The van der Waals surface area contributed by atoms with Crippen LogP contribution in [0.3, 0.4) is 0 Å². The number of carbonyl (C=O) groups excluding carboxylic acids is 1. The monoisotopic (exact) mass is 334 g/mol. The van der Waals surface area contributed by atoms with E-state index in [1.54, 1.807) is 0 Å². The van der Waals surface area contributed by atoms with Gasteiger partial charge >= 0.3 is 12.2 Å². The first-order chi connectivity index (χ1) is 10.8. The highest BCUT2D eigenvalue weighted by molar-refractivity contribution is 5.91. The Balaban J connectivity index is 2.45. The summed E-state index contributed by atoms with van der Waals surface area (Å²) in [7, 11) is 0. The summed E-state index contributed by atoms with van der Waals surface area (Å²) in [6.07, 6.45) is -1.66. The van der Waals surface area contributed by atoms with Crippen LogP contribution >= 0.6 is 0 Å². The Labute approximate surface area is 130 Å². The lowest BCUT2D eigenvalue weighted by atomic mass is 10.2. The van der Waals surface area contributed by atoms with Crippen LogP contribution in [-0.4, -0.2) is 41.2 Å². The normalized spacial score (nSPS) is 12.0. The Morgan fingerprint density at radius 3 is 2.74 bits per heavy atom. The fraction of sp³-hybridized carbons (Fsp3) is 0.500. The summed E-state index contributed by atoms with van der Waals surface area (Å²) in [5, 5.41) is 2.41. The summed E-state index contributed by atoms with van der Waals surface area (Å²) >= 11 is 0. The average Bonchev–Trinajstić information content (AvgIpc) is 2.44. The number of halogens is 3. The number of alkyl halides is 3. The third-order valence-corrected chi connectivity index (χ3v) is 2.37. The number of ether oxygens (including phenoxy) is 1. The fourth-order valence-electron chi connectivity index (χ4n) is 1.39. The van der Waals surface area contributed by atoms with Gasteiger partial charge in [0.05, 0.1) is 6.61 Å². The summed E-state index contributed by atoms with van der Waals surface area (Å²) < 4.78 is 41.3. The Kier molecular flexibility index (Phi) is 7.03. The predicted molar refractivity (Wildman–Crippen MR) is 76.7 cm³/mol. The number of amides is 1. The molecule has 1 heterocycles. The van der Waals surface area contributed by atoms with Gasteiger partial charge < -0.3 is 21.5 Å². The van der Waals surface area contributed by atoms with E-state index in [1.807, 2.05) is 0 Å². The number of nitrogens with two attached hydrogens (primary N) is 2. The molecule has 0 unspecified atom stereocenters. The van der Waals surface area contributed by atoms with Crippen LogP contribution in [0.15, 0.2) is 17.3 Å². The number of hydrogen-bond donors (Lipinski definition) is 3. The number of anilines is 1. The van der Waals surface area contributed by atoms with Crippen molar-refractivity contribution < 1.29 is 22.7 Å². The molecule has 1 amide bonds. The standard InChI is InChI=1S/C12H17F3N6O2/c13-12(14,15)7-19-10(17)20-9-4-5-18-11(21-9)23-6-2-1-3-8(16)22/h4-5H,1-3,6-7H2,(H2,16,22)(H3,17,18,19,20,21). The lowest BCUT2D eigenvalue weighted by Crippen LogP contribution is -2.26. The number of carbonyl (C=O) groups is 1. The van der Waals surface area contributed by atoms with Crippen LogP contribution < -0.4 is 21.5 Å². The number of unbranched alkanes of at least 4 members (excludes halogenated alkanes) is 1. The highest BCUT2D eigenvalue weighted by Gasteiger charge is 2.26. The molecule has 0 saturated carbocycles. The number of primary amides is 1. The summed E-state index contributed by atoms with van der Waals surface area (Å²) in [6, 6.07) is 1.42. The van der Waals surface area contributed by atoms with Gasteiger partial charge in [0.2, 0.25) is 5.91 Å². The first-order valence-electron chi connectivity index (χ1n) is 6.64. The van der Waals surface area contributed by atoms with E-state index in [0.29, 0.717) is 12.8 Å². The molecular weight excluding hydrogens is 317 g/mol. The van der Waals surface area contributed by atoms with Crippen LogP contribution in [0.5, 0.6) is 6.01 Å². The molecule has 0 spiro atoms. The number of nitrogens with one attached hydrogen (secondary N) is 1. The molecule has 0 aliphatic carbocycles. The Morgan fingerprint density at radius 1 is 1.35 bits per heavy atom. The molecule has 0 aliphatic rings. The van der Waals surface area contributed by atoms with Crippen molar-refractivity contribution in [3.8, 4) is 6.01 Å². The minimum atomic E-state index is -4.43. The van der Waals surface area contributed by atoms with Gasteiger partial charge in [-0.2, -0.15) is 18.2 Å². The van der Waals surface area contributed by atoms with Crippen molar-refractivity contribution in [3.05, 3.63) is 12.3 Å². The highest BCUT2D eigenvalue weighted by atomic mass is 19.4. The van der Waals surface area contributed by atoms with Gasteiger partial charge in [0.15, 0.2) is 5.96 Å². The minimum Gasteiger partial charge on any atom is -0.463 e.